The molecule has 1 saturated heterocycles. The molecule has 1 unspecified atom stereocenters. The SMILES string of the molecule is Cc1cc(C)nc(OC2CCCN(C(=O)NCc3ccc(F)cc3)C2)n1. The molecular weight excluding hydrogens is 335 g/mol. The number of benzene rings is 1. The molecule has 1 N–H and O–H groups in total. The zero-order valence-electron chi connectivity index (χ0n) is 15.0. The van der Waals surface area contributed by atoms with E-state index in [1.165, 1.54) is 12.1 Å². The summed E-state index contributed by atoms with van der Waals surface area (Å²) in [4.78, 5) is 22.7. The van der Waals surface area contributed by atoms with Crippen molar-refractivity contribution in [3.05, 3.63) is 53.1 Å². The molecule has 2 amide bonds. The highest BCUT2D eigenvalue weighted by Crippen LogP contribution is 2.16. The van der Waals surface area contributed by atoms with Crippen molar-refractivity contribution in [2.24, 2.45) is 0 Å². The first kappa shape index (κ1) is 18.1. The van der Waals surface area contributed by atoms with Gasteiger partial charge in [0.1, 0.15) is 11.9 Å². The normalized spacial score (nSPS) is 17.0. The van der Waals surface area contributed by atoms with Gasteiger partial charge >= 0.3 is 12.0 Å². The summed E-state index contributed by atoms with van der Waals surface area (Å²) in [5, 5.41) is 2.87. The van der Waals surface area contributed by atoms with Gasteiger partial charge in [-0.1, -0.05) is 12.1 Å². The molecule has 1 fully saturated rings. The Morgan fingerprint density at radius 3 is 2.65 bits per heavy atom. The Morgan fingerprint density at radius 2 is 1.96 bits per heavy atom. The number of carbonyl (C=O) groups is 1. The van der Waals surface area contributed by atoms with Crippen molar-refractivity contribution in [1.82, 2.24) is 20.2 Å². The molecule has 0 aliphatic carbocycles. The van der Waals surface area contributed by atoms with Crippen molar-refractivity contribution in [1.29, 1.82) is 0 Å². The minimum Gasteiger partial charge on any atom is -0.458 e. The van der Waals surface area contributed by atoms with Gasteiger partial charge in [0, 0.05) is 24.5 Å². The second-order valence-electron chi connectivity index (χ2n) is 6.55. The summed E-state index contributed by atoms with van der Waals surface area (Å²) in [6.07, 6.45) is 1.60. The summed E-state index contributed by atoms with van der Waals surface area (Å²) < 4.78 is 18.8. The number of aryl methyl sites for hydroxylation is 2. The molecule has 0 spiro atoms. The topological polar surface area (TPSA) is 67.3 Å². The molecule has 138 valence electrons. The Labute approximate surface area is 152 Å². The largest absolute Gasteiger partial charge is 0.458 e. The predicted octanol–water partition coefficient (Wildman–Crippen LogP) is 2.99. The van der Waals surface area contributed by atoms with Gasteiger partial charge < -0.3 is 15.0 Å². The lowest BCUT2D eigenvalue weighted by Crippen LogP contribution is -2.48. The minimum absolute atomic E-state index is 0.124. The Bertz CT molecular complexity index is 746. The summed E-state index contributed by atoms with van der Waals surface area (Å²) >= 11 is 0. The zero-order valence-corrected chi connectivity index (χ0v) is 15.0. The van der Waals surface area contributed by atoms with Gasteiger partial charge in [0.15, 0.2) is 0 Å². The van der Waals surface area contributed by atoms with Crippen LogP contribution in [0.3, 0.4) is 0 Å². The zero-order chi connectivity index (χ0) is 18.5. The van der Waals surface area contributed by atoms with Crippen LogP contribution >= 0.6 is 0 Å². The lowest BCUT2D eigenvalue weighted by molar-refractivity contribution is 0.0935. The molecular formula is C19H23FN4O2. The van der Waals surface area contributed by atoms with Crippen LogP contribution in [0, 0.1) is 19.7 Å². The van der Waals surface area contributed by atoms with E-state index in [0.29, 0.717) is 25.6 Å². The molecule has 1 aliphatic heterocycles. The standard InChI is InChI=1S/C19H23FN4O2/c1-13-10-14(2)23-18(22-13)26-17-4-3-9-24(12-17)19(25)21-11-15-5-7-16(20)8-6-15/h5-8,10,17H,3-4,9,11-12H2,1-2H3,(H,21,25). The van der Waals surface area contributed by atoms with Gasteiger partial charge in [-0.15, -0.1) is 0 Å². The van der Waals surface area contributed by atoms with Crippen molar-refractivity contribution in [3.8, 4) is 6.01 Å². The van der Waals surface area contributed by atoms with Crippen LogP contribution in [0.2, 0.25) is 0 Å². The number of rotatable bonds is 4. The van der Waals surface area contributed by atoms with Crippen molar-refractivity contribution in [2.45, 2.75) is 39.3 Å². The highest BCUT2D eigenvalue weighted by Gasteiger charge is 2.25. The first-order valence-corrected chi connectivity index (χ1v) is 8.76. The van der Waals surface area contributed by atoms with E-state index < -0.39 is 0 Å². The lowest BCUT2D eigenvalue weighted by Gasteiger charge is -2.32. The van der Waals surface area contributed by atoms with E-state index in [-0.39, 0.29) is 18.0 Å². The lowest BCUT2D eigenvalue weighted by atomic mass is 10.1. The number of amides is 2. The molecule has 1 aromatic heterocycles. The summed E-state index contributed by atoms with van der Waals surface area (Å²) in [6, 6.07) is 8.20. The number of hydrogen-bond donors (Lipinski definition) is 1. The van der Waals surface area contributed by atoms with Crippen molar-refractivity contribution in [2.75, 3.05) is 13.1 Å². The first-order chi connectivity index (χ1) is 12.5. The van der Waals surface area contributed by atoms with E-state index in [4.69, 9.17) is 4.74 Å². The average molecular weight is 358 g/mol. The predicted molar refractivity (Wildman–Crippen MR) is 95.4 cm³/mol. The Kier molecular flexibility index (Phi) is 5.65. The fourth-order valence-corrected chi connectivity index (χ4v) is 3.01. The number of hydrogen-bond acceptors (Lipinski definition) is 4. The third kappa shape index (κ3) is 4.91. The number of piperidine rings is 1. The fraction of sp³-hybridized carbons (Fsp3) is 0.421. The van der Waals surface area contributed by atoms with Gasteiger partial charge in [-0.3, -0.25) is 0 Å². The number of nitrogens with zero attached hydrogens (tertiary/aromatic N) is 3. The van der Waals surface area contributed by atoms with E-state index in [1.54, 1.807) is 17.0 Å². The number of halogens is 1. The molecule has 1 aliphatic rings. The molecule has 0 radical (unpaired) electrons. The molecule has 1 aromatic carbocycles. The van der Waals surface area contributed by atoms with E-state index >= 15 is 0 Å². The molecule has 26 heavy (non-hydrogen) atoms. The van der Waals surface area contributed by atoms with E-state index in [9.17, 15) is 9.18 Å². The number of likely N-dealkylation sites (tertiary alicyclic amines) is 1. The molecule has 2 aromatic rings. The van der Waals surface area contributed by atoms with Gasteiger partial charge in [0.25, 0.3) is 0 Å². The van der Waals surface area contributed by atoms with Gasteiger partial charge in [-0.25, -0.2) is 19.2 Å². The van der Waals surface area contributed by atoms with E-state index in [0.717, 1.165) is 29.8 Å². The van der Waals surface area contributed by atoms with Crippen molar-refractivity contribution in [3.63, 3.8) is 0 Å². The van der Waals surface area contributed by atoms with Gasteiger partial charge in [0.05, 0.1) is 6.54 Å². The molecule has 0 saturated carbocycles. The minimum atomic E-state index is -0.287. The van der Waals surface area contributed by atoms with Gasteiger partial charge in [-0.2, -0.15) is 0 Å². The second kappa shape index (κ2) is 8.12. The summed E-state index contributed by atoms with van der Waals surface area (Å²) in [6.45, 7) is 5.34. The van der Waals surface area contributed by atoms with Crippen LogP contribution in [-0.4, -0.2) is 40.1 Å². The quantitative estimate of drug-likeness (QED) is 0.912. The molecule has 0 bridgehead atoms. The highest BCUT2D eigenvalue weighted by molar-refractivity contribution is 5.74. The monoisotopic (exact) mass is 358 g/mol. The number of carbonyl (C=O) groups excluding carboxylic acids is 1. The summed E-state index contributed by atoms with van der Waals surface area (Å²) in [5.41, 5.74) is 2.57. The average Bonchev–Trinajstić information content (AvgIpc) is 2.60. The summed E-state index contributed by atoms with van der Waals surface area (Å²) in [7, 11) is 0. The Hall–Kier alpha value is -2.70. The van der Waals surface area contributed by atoms with Crippen LogP contribution in [0.5, 0.6) is 6.01 Å². The number of nitrogens with one attached hydrogen (secondary N) is 1. The van der Waals surface area contributed by atoms with Crippen LogP contribution in [0.15, 0.2) is 30.3 Å². The summed E-state index contributed by atoms with van der Waals surface area (Å²) in [5.74, 6) is -0.287. The number of aromatic nitrogens is 2. The Morgan fingerprint density at radius 1 is 1.27 bits per heavy atom. The van der Waals surface area contributed by atoms with Crippen LogP contribution in [0.4, 0.5) is 9.18 Å². The van der Waals surface area contributed by atoms with E-state index in [1.807, 2.05) is 19.9 Å². The van der Waals surface area contributed by atoms with Crippen LogP contribution in [0.25, 0.3) is 0 Å². The molecule has 6 nitrogen and oxygen atoms in total. The van der Waals surface area contributed by atoms with Crippen LogP contribution < -0.4 is 10.1 Å². The maximum absolute atomic E-state index is 12.9. The highest BCUT2D eigenvalue weighted by atomic mass is 19.1. The fourth-order valence-electron chi connectivity index (χ4n) is 3.01. The van der Waals surface area contributed by atoms with Crippen LogP contribution in [0.1, 0.15) is 29.8 Å². The third-order valence-corrected chi connectivity index (χ3v) is 4.26. The van der Waals surface area contributed by atoms with Gasteiger partial charge in [-0.05, 0) is 50.5 Å². The Balaban J connectivity index is 1.53. The number of ether oxygens (including phenoxy) is 1. The second-order valence-corrected chi connectivity index (χ2v) is 6.55. The smallest absolute Gasteiger partial charge is 0.317 e. The molecule has 2 heterocycles. The van der Waals surface area contributed by atoms with Crippen molar-refractivity contribution < 1.29 is 13.9 Å². The van der Waals surface area contributed by atoms with E-state index in [2.05, 4.69) is 15.3 Å². The molecule has 1 atom stereocenters. The first-order valence-electron chi connectivity index (χ1n) is 8.76. The molecule has 7 heteroatoms. The van der Waals surface area contributed by atoms with Gasteiger partial charge in [0.2, 0.25) is 0 Å². The number of urea groups is 1. The molecule has 3 rings (SSSR count). The van der Waals surface area contributed by atoms with Crippen LogP contribution in [-0.2, 0) is 6.54 Å². The maximum Gasteiger partial charge on any atom is 0.317 e. The van der Waals surface area contributed by atoms with Crippen molar-refractivity contribution >= 4 is 6.03 Å². The third-order valence-electron chi connectivity index (χ3n) is 4.26. The maximum atomic E-state index is 12.9.